The van der Waals surface area contributed by atoms with Crippen molar-refractivity contribution in [3.8, 4) is 0 Å². The van der Waals surface area contributed by atoms with Crippen molar-refractivity contribution in [1.29, 1.82) is 0 Å². The Labute approximate surface area is 175 Å². The Kier molecular flexibility index (Phi) is 12.2. The average Bonchev–Trinajstić information content (AvgIpc) is 2.53. The molecule has 0 rings (SSSR count). The molecule has 0 bridgehead atoms. The first-order chi connectivity index (χ1) is 13.3. The summed E-state index contributed by atoms with van der Waals surface area (Å²) in [6.07, 6.45) is -0.736. The molecule has 0 aromatic heterocycles. The maximum absolute atomic E-state index is 13.8. The molecule has 0 radical (unpaired) electrons. The lowest BCUT2D eigenvalue weighted by Crippen LogP contribution is -2.49. The Morgan fingerprint density at radius 3 is 1.41 bits per heavy atom. The van der Waals surface area contributed by atoms with E-state index in [2.05, 4.69) is 5.32 Å². The lowest BCUT2D eigenvalue weighted by Gasteiger charge is -2.38. The van der Waals surface area contributed by atoms with E-state index >= 15 is 0 Å². The molecule has 0 saturated carbocycles. The molecule has 0 fully saturated rings. The van der Waals surface area contributed by atoms with E-state index in [4.69, 9.17) is 22.8 Å². The third-order valence-electron chi connectivity index (χ3n) is 3.61. The Bertz CT molecular complexity index is 541. The molecule has 0 aromatic rings. The zero-order chi connectivity index (χ0) is 22.9. The van der Waals surface area contributed by atoms with Crippen LogP contribution in [0.25, 0.3) is 0 Å². The van der Waals surface area contributed by atoms with Gasteiger partial charge in [-0.05, 0) is 54.4 Å². The molecule has 0 aromatic carbocycles. The largest absolute Gasteiger partial charge is 0.444 e. The van der Waals surface area contributed by atoms with Crippen LogP contribution in [0.4, 0.5) is 4.79 Å². The van der Waals surface area contributed by atoms with Crippen LogP contribution < -0.4 is 5.32 Å². The number of hydrogen-bond donors (Lipinski definition) is 1. The fourth-order valence-corrected chi connectivity index (χ4v) is 8.71. The summed E-state index contributed by atoms with van der Waals surface area (Å²) in [5.74, 6) is -0.309. The highest BCUT2D eigenvalue weighted by Gasteiger charge is 2.56. The summed E-state index contributed by atoms with van der Waals surface area (Å²) in [5.41, 5.74) is -0.742. The van der Waals surface area contributed by atoms with Gasteiger partial charge in [-0.25, -0.2) is 4.79 Å². The summed E-state index contributed by atoms with van der Waals surface area (Å²) in [6.45, 7) is 15.6. The molecule has 1 amide bonds. The third kappa shape index (κ3) is 9.07. The molecule has 1 atom stereocenters. The van der Waals surface area contributed by atoms with Crippen molar-refractivity contribution in [2.45, 2.75) is 79.4 Å². The predicted molar refractivity (Wildman–Crippen MR) is 114 cm³/mol. The standard InChI is InChI=1S/C18H39NO8P2/c1-10-23-28(21,24-11-2)16(29(22,25-12-3)26-13-4)15(14(5)6)19-17(20)27-18(7,8)9/h14-16H,10-13H2,1-9H3,(H,19,20). The van der Waals surface area contributed by atoms with Crippen LogP contribution in [0.5, 0.6) is 0 Å². The number of carbonyl (C=O) groups is 1. The number of amides is 1. The van der Waals surface area contributed by atoms with Crippen molar-refractivity contribution >= 4 is 21.3 Å². The quantitative estimate of drug-likeness (QED) is 0.365. The molecule has 11 heteroatoms. The number of carbonyl (C=O) groups excluding carboxylic acids is 1. The van der Waals surface area contributed by atoms with Gasteiger partial charge in [-0.3, -0.25) is 9.13 Å². The summed E-state index contributed by atoms with van der Waals surface area (Å²) in [5, 5.41) is 1.33. The second-order valence-corrected chi connectivity index (χ2v) is 12.3. The number of ether oxygens (including phenoxy) is 1. The van der Waals surface area contributed by atoms with Crippen molar-refractivity contribution in [2.75, 3.05) is 26.4 Å². The van der Waals surface area contributed by atoms with Crippen LogP contribution in [0.1, 0.15) is 62.3 Å². The highest BCUT2D eigenvalue weighted by Crippen LogP contribution is 2.71. The highest BCUT2D eigenvalue weighted by atomic mass is 31.2. The average molecular weight is 459 g/mol. The lowest BCUT2D eigenvalue weighted by molar-refractivity contribution is 0.0489. The second kappa shape index (κ2) is 12.4. The van der Waals surface area contributed by atoms with Gasteiger partial charge in [0.2, 0.25) is 0 Å². The van der Waals surface area contributed by atoms with Gasteiger partial charge in [0.05, 0.1) is 32.5 Å². The van der Waals surface area contributed by atoms with Crippen LogP contribution in [-0.4, -0.2) is 49.6 Å². The molecule has 9 nitrogen and oxygen atoms in total. The van der Waals surface area contributed by atoms with Crippen molar-refractivity contribution in [3.05, 3.63) is 0 Å². The van der Waals surface area contributed by atoms with E-state index in [9.17, 15) is 13.9 Å². The van der Waals surface area contributed by atoms with E-state index in [0.29, 0.717) is 0 Å². The first kappa shape index (κ1) is 28.6. The van der Waals surface area contributed by atoms with E-state index < -0.39 is 38.3 Å². The Morgan fingerprint density at radius 2 is 1.17 bits per heavy atom. The molecular weight excluding hydrogens is 420 g/mol. The zero-order valence-electron chi connectivity index (χ0n) is 19.2. The number of hydrogen-bond acceptors (Lipinski definition) is 8. The van der Waals surface area contributed by atoms with Gasteiger partial charge < -0.3 is 28.1 Å². The van der Waals surface area contributed by atoms with Crippen LogP contribution in [0.3, 0.4) is 0 Å². The number of nitrogens with one attached hydrogen (secondary N) is 1. The number of rotatable bonds is 13. The molecule has 0 aliphatic carbocycles. The Balaban J connectivity index is 6.41. The normalized spacial score (nSPS) is 14.3. The van der Waals surface area contributed by atoms with E-state index in [-0.39, 0.29) is 32.3 Å². The first-order valence-corrected chi connectivity index (χ1v) is 13.3. The fraction of sp³-hybridized carbons (Fsp3) is 0.944. The predicted octanol–water partition coefficient (Wildman–Crippen LogP) is 5.39. The minimum Gasteiger partial charge on any atom is -0.444 e. The molecule has 0 aliphatic rings. The van der Waals surface area contributed by atoms with E-state index in [1.807, 2.05) is 0 Å². The first-order valence-electron chi connectivity index (χ1n) is 10.1. The molecule has 1 unspecified atom stereocenters. The molecule has 174 valence electrons. The minimum atomic E-state index is -4.01. The molecule has 29 heavy (non-hydrogen) atoms. The van der Waals surface area contributed by atoms with Gasteiger partial charge in [-0.1, -0.05) is 13.8 Å². The minimum absolute atomic E-state index is 0.0588. The second-order valence-electron chi connectivity index (χ2n) is 7.58. The lowest BCUT2D eigenvalue weighted by atomic mass is 10.1. The molecular formula is C18H39NO8P2. The third-order valence-corrected chi connectivity index (χ3v) is 9.71. The summed E-state index contributed by atoms with van der Waals surface area (Å²) in [7, 11) is -8.02. The van der Waals surface area contributed by atoms with Crippen molar-refractivity contribution in [3.63, 3.8) is 0 Å². The number of alkyl carbamates (subject to hydrolysis) is 1. The van der Waals surface area contributed by atoms with Crippen LogP contribution in [0.15, 0.2) is 0 Å². The monoisotopic (exact) mass is 459 g/mol. The molecule has 0 spiro atoms. The molecule has 0 aliphatic heterocycles. The molecule has 1 N–H and O–H groups in total. The van der Waals surface area contributed by atoms with Gasteiger partial charge in [-0.15, -0.1) is 0 Å². The van der Waals surface area contributed by atoms with Gasteiger partial charge in [0.15, 0.2) is 5.40 Å². The maximum Gasteiger partial charge on any atom is 0.407 e. The van der Waals surface area contributed by atoms with Gasteiger partial charge >= 0.3 is 21.3 Å². The van der Waals surface area contributed by atoms with E-state index in [1.165, 1.54) is 0 Å². The van der Waals surface area contributed by atoms with E-state index in [0.717, 1.165) is 0 Å². The smallest absolute Gasteiger partial charge is 0.407 e. The Morgan fingerprint density at radius 1 is 0.828 bits per heavy atom. The fourth-order valence-electron chi connectivity index (χ4n) is 2.70. The zero-order valence-corrected chi connectivity index (χ0v) is 21.0. The van der Waals surface area contributed by atoms with Crippen molar-refractivity contribution < 1.29 is 36.8 Å². The molecule has 0 saturated heterocycles. The van der Waals surface area contributed by atoms with Gasteiger partial charge in [-0.2, -0.15) is 0 Å². The van der Waals surface area contributed by atoms with Gasteiger partial charge in [0.1, 0.15) is 5.60 Å². The topological polar surface area (TPSA) is 109 Å². The highest BCUT2D eigenvalue weighted by molar-refractivity contribution is 7.72. The van der Waals surface area contributed by atoms with Crippen molar-refractivity contribution in [1.82, 2.24) is 5.32 Å². The molecule has 0 heterocycles. The summed E-state index contributed by atoms with van der Waals surface area (Å²) in [4.78, 5) is 12.5. The summed E-state index contributed by atoms with van der Waals surface area (Å²) in [6, 6.07) is -0.919. The van der Waals surface area contributed by atoms with Crippen molar-refractivity contribution in [2.24, 2.45) is 5.92 Å². The van der Waals surface area contributed by atoms with Crippen LogP contribution in [0, 0.1) is 5.92 Å². The maximum atomic E-state index is 13.8. The van der Waals surface area contributed by atoms with E-state index in [1.54, 1.807) is 62.3 Å². The van der Waals surface area contributed by atoms with Crippen LogP contribution >= 0.6 is 15.2 Å². The summed E-state index contributed by atoms with van der Waals surface area (Å²) < 4.78 is 54.8. The van der Waals surface area contributed by atoms with Gasteiger partial charge in [0.25, 0.3) is 0 Å². The van der Waals surface area contributed by atoms with Crippen LogP contribution in [-0.2, 0) is 32.0 Å². The Hall–Kier alpha value is -0.430. The SMILES string of the molecule is CCOP(=O)(OCC)C(C(NC(=O)OC(C)(C)C)C(C)C)P(=O)(OCC)OCC. The van der Waals surface area contributed by atoms with Gasteiger partial charge in [0, 0.05) is 0 Å². The van der Waals surface area contributed by atoms with Crippen LogP contribution in [0.2, 0.25) is 0 Å². The summed E-state index contributed by atoms with van der Waals surface area (Å²) >= 11 is 0.